The maximum Gasteiger partial charge on any atom is 0.251 e. The predicted molar refractivity (Wildman–Crippen MR) is 86.6 cm³/mol. The summed E-state index contributed by atoms with van der Waals surface area (Å²) in [4.78, 5) is 13.4. The summed E-state index contributed by atoms with van der Waals surface area (Å²) in [5, 5.41) is 2.92. The quantitative estimate of drug-likeness (QED) is 0.859. The van der Waals surface area contributed by atoms with Gasteiger partial charge in [0.25, 0.3) is 5.91 Å². The summed E-state index contributed by atoms with van der Waals surface area (Å²) >= 11 is 1.80. The Morgan fingerprint density at radius 2 is 1.91 bits per heavy atom. The van der Waals surface area contributed by atoms with Crippen LogP contribution in [0.1, 0.15) is 22.8 Å². The summed E-state index contributed by atoms with van der Waals surface area (Å²) in [6.45, 7) is 2.84. The van der Waals surface area contributed by atoms with Crippen molar-refractivity contribution in [2.75, 3.05) is 12.5 Å². The lowest BCUT2D eigenvalue weighted by molar-refractivity contribution is 0.0950. The van der Waals surface area contributed by atoms with Crippen LogP contribution in [-0.4, -0.2) is 18.5 Å². The molecule has 0 atom stereocenters. The first-order valence-electron chi connectivity index (χ1n) is 7.16. The normalized spacial score (nSPS) is 12.2. The Hall–Kier alpha value is -2.14. The molecule has 1 aliphatic heterocycles. The van der Waals surface area contributed by atoms with Gasteiger partial charge in [-0.3, -0.25) is 4.79 Å². The van der Waals surface area contributed by atoms with E-state index in [1.54, 1.807) is 30.0 Å². The maximum absolute atomic E-state index is 12.2. The van der Waals surface area contributed by atoms with E-state index in [1.165, 1.54) is 4.90 Å². The second-order valence-corrected chi connectivity index (χ2v) is 6.17. The third-order valence-corrected chi connectivity index (χ3v) is 4.22. The highest BCUT2D eigenvalue weighted by Gasteiger charge is 2.15. The number of rotatable bonds is 5. The third kappa shape index (κ3) is 3.36. The molecule has 0 bridgehead atoms. The first kappa shape index (κ1) is 14.8. The van der Waals surface area contributed by atoms with E-state index >= 15 is 0 Å². The van der Waals surface area contributed by atoms with Gasteiger partial charge in [0, 0.05) is 17.0 Å². The molecule has 3 rings (SSSR count). The van der Waals surface area contributed by atoms with Crippen LogP contribution >= 0.6 is 11.8 Å². The predicted octanol–water partition coefficient (Wildman–Crippen LogP) is 3.46. The Bertz CT molecular complexity index is 670. The van der Waals surface area contributed by atoms with Crippen LogP contribution < -0.4 is 14.8 Å². The minimum absolute atomic E-state index is 0.120. The molecule has 5 heteroatoms. The van der Waals surface area contributed by atoms with Gasteiger partial charge in [0.15, 0.2) is 11.5 Å². The molecule has 2 aromatic carbocycles. The van der Waals surface area contributed by atoms with Gasteiger partial charge in [-0.1, -0.05) is 19.1 Å². The minimum atomic E-state index is -0.120. The lowest BCUT2D eigenvalue weighted by Gasteiger charge is -2.07. The minimum Gasteiger partial charge on any atom is -0.454 e. The molecular formula is C17H17NO3S. The zero-order chi connectivity index (χ0) is 15.4. The molecule has 0 aliphatic carbocycles. The third-order valence-electron chi connectivity index (χ3n) is 3.32. The molecule has 1 amide bonds. The van der Waals surface area contributed by atoms with Crippen LogP contribution in [0.2, 0.25) is 0 Å². The average Bonchev–Trinajstić information content (AvgIpc) is 3.01. The van der Waals surface area contributed by atoms with Gasteiger partial charge in [-0.15, -0.1) is 11.8 Å². The number of nitrogens with one attached hydrogen (secondary N) is 1. The molecule has 22 heavy (non-hydrogen) atoms. The summed E-state index contributed by atoms with van der Waals surface area (Å²) in [6, 6.07) is 13.4. The fourth-order valence-electron chi connectivity index (χ4n) is 2.19. The van der Waals surface area contributed by atoms with Crippen LogP contribution in [0.4, 0.5) is 0 Å². The number of amides is 1. The Kier molecular flexibility index (Phi) is 4.53. The number of thioether (sulfide) groups is 1. The van der Waals surface area contributed by atoms with E-state index in [0.29, 0.717) is 23.6 Å². The molecule has 0 saturated heterocycles. The standard InChI is InChI=1S/C17H17NO3S/c1-2-22-14-6-3-12(4-7-14)10-18-17(19)13-5-8-15-16(9-13)21-11-20-15/h3-9H,2,10-11H2,1H3,(H,18,19). The molecule has 0 aromatic heterocycles. The topological polar surface area (TPSA) is 47.6 Å². The van der Waals surface area contributed by atoms with Crippen molar-refractivity contribution >= 4 is 17.7 Å². The van der Waals surface area contributed by atoms with E-state index in [0.717, 1.165) is 11.3 Å². The van der Waals surface area contributed by atoms with Crippen molar-refractivity contribution in [3.63, 3.8) is 0 Å². The van der Waals surface area contributed by atoms with Gasteiger partial charge >= 0.3 is 0 Å². The Balaban J connectivity index is 1.60. The van der Waals surface area contributed by atoms with E-state index in [2.05, 4.69) is 24.4 Å². The summed E-state index contributed by atoms with van der Waals surface area (Å²) in [6.07, 6.45) is 0. The van der Waals surface area contributed by atoms with Gasteiger partial charge in [0.2, 0.25) is 6.79 Å². The van der Waals surface area contributed by atoms with Crippen molar-refractivity contribution in [1.29, 1.82) is 0 Å². The zero-order valence-electron chi connectivity index (χ0n) is 12.3. The molecule has 114 valence electrons. The van der Waals surface area contributed by atoms with Gasteiger partial charge in [-0.05, 0) is 41.6 Å². The lowest BCUT2D eigenvalue weighted by atomic mass is 10.1. The van der Waals surface area contributed by atoms with Crippen LogP contribution in [-0.2, 0) is 6.54 Å². The van der Waals surface area contributed by atoms with Crippen LogP contribution in [0.25, 0.3) is 0 Å². The molecule has 0 saturated carbocycles. The molecule has 0 fully saturated rings. The van der Waals surface area contributed by atoms with Crippen molar-refractivity contribution in [3.05, 3.63) is 53.6 Å². The van der Waals surface area contributed by atoms with Crippen LogP contribution in [0.15, 0.2) is 47.4 Å². The molecule has 0 unspecified atom stereocenters. The second kappa shape index (κ2) is 6.75. The summed E-state index contributed by atoms with van der Waals surface area (Å²) in [5.74, 6) is 2.24. The molecule has 1 N–H and O–H groups in total. The van der Waals surface area contributed by atoms with Gasteiger partial charge in [-0.2, -0.15) is 0 Å². The van der Waals surface area contributed by atoms with E-state index in [1.807, 2.05) is 12.1 Å². The van der Waals surface area contributed by atoms with E-state index in [9.17, 15) is 4.79 Å². The molecule has 4 nitrogen and oxygen atoms in total. The largest absolute Gasteiger partial charge is 0.454 e. The van der Waals surface area contributed by atoms with Crippen LogP contribution in [0.5, 0.6) is 11.5 Å². The van der Waals surface area contributed by atoms with Gasteiger partial charge in [0.05, 0.1) is 0 Å². The summed E-state index contributed by atoms with van der Waals surface area (Å²) in [5.41, 5.74) is 1.65. The fourth-order valence-corrected chi connectivity index (χ4v) is 2.85. The number of hydrogen-bond donors (Lipinski definition) is 1. The zero-order valence-corrected chi connectivity index (χ0v) is 13.1. The van der Waals surface area contributed by atoms with Crippen molar-refractivity contribution in [1.82, 2.24) is 5.32 Å². The van der Waals surface area contributed by atoms with E-state index in [-0.39, 0.29) is 12.7 Å². The molecule has 0 radical (unpaired) electrons. The monoisotopic (exact) mass is 315 g/mol. The van der Waals surface area contributed by atoms with E-state index in [4.69, 9.17) is 9.47 Å². The van der Waals surface area contributed by atoms with Crippen molar-refractivity contribution < 1.29 is 14.3 Å². The number of ether oxygens (including phenoxy) is 2. The highest BCUT2D eigenvalue weighted by Crippen LogP contribution is 2.32. The first-order valence-corrected chi connectivity index (χ1v) is 8.14. The molecule has 0 spiro atoms. The summed E-state index contributed by atoms with van der Waals surface area (Å²) < 4.78 is 10.5. The van der Waals surface area contributed by atoms with Crippen molar-refractivity contribution in [2.45, 2.75) is 18.4 Å². The molecule has 1 aliphatic rings. The molecular weight excluding hydrogens is 298 g/mol. The average molecular weight is 315 g/mol. The van der Waals surface area contributed by atoms with Crippen molar-refractivity contribution in [3.8, 4) is 11.5 Å². The Labute approximate surface area is 133 Å². The van der Waals surface area contributed by atoms with E-state index < -0.39 is 0 Å². The van der Waals surface area contributed by atoms with Gasteiger partial charge in [0.1, 0.15) is 0 Å². The van der Waals surface area contributed by atoms with Crippen LogP contribution in [0, 0.1) is 0 Å². The van der Waals surface area contributed by atoms with Gasteiger partial charge < -0.3 is 14.8 Å². The lowest BCUT2D eigenvalue weighted by Crippen LogP contribution is -2.22. The number of carbonyl (C=O) groups is 1. The second-order valence-electron chi connectivity index (χ2n) is 4.83. The summed E-state index contributed by atoms with van der Waals surface area (Å²) in [7, 11) is 0. The number of carbonyl (C=O) groups excluding carboxylic acids is 1. The van der Waals surface area contributed by atoms with Gasteiger partial charge in [-0.25, -0.2) is 0 Å². The maximum atomic E-state index is 12.2. The van der Waals surface area contributed by atoms with Crippen LogP contribution in [0.3, 0.4) is 0 Å². The molecule has 2 aromatic rings. The number of hydrogen-bond acceptors (Lipinski definition) is 4. The Morgan fingerprint density at radius 1 is 1.14 bits per heavy atom. The first-order chi connectivity index (χ1) is 10.8. The smallest absolute Gasteiger partial charge is 0.251 e. The number of benzene rings is 2. The Morgan fingerprint density at radius 3 is 2.68 bits per heavy atom. The number of fused-ring (bicyclic) bond motifs is 1. The highest BCUT2D eigenvalue weighted by atomic mass is 32.2. The molecule has 1 heterocycles. The fraction of sp³-hybridized carbons (Fsp3) is 0.235. The highest BCUT2D eigenvalue weighted by molar-refractivity contribution is 7.99. The SMILES string of the molecule is CCSc1ccc(CNC(=O)c2ccc3c(c2)OCO3)cc1. The van der Waals surface area contributed by atoms with Crippen molar-refractivity contribution in [2.24, 2.45) is 0 Å².